The predicted octanol–water partition coefficient (Wildman–Crippen LogP) is 3.57. The average molecular weight is 503 g/mol. The first kappa shape index (κ1) is 25.4. The Bertz CT molecular complexity index is 1230. The smallest absolute Gasteiger partial charge is 0.338 e. The van der Waals surface area contributed by atoms with Crippen molar-refractivity contribution in [3.8, 4) is 0 Å². The molecule has 9 nitrogen and oxygen atoms in total. The molecule has 0 saturated carbocycles. The minimum Gasteiger partial charge on any atom is -0.462 e. The highest BCUT2D eigenvalue weighted by Gasteiger charge is 2.21. The molecule has 3 rings (SSSR count). The van der Waals surface area contributed by atoms with E-state index in [0.717, 1.165) is 6.42 Å². The molecular weight excluding hydrogens is 476 g/mol. The zero-order valence-corrected chi connectivity index (χ0v) is 20.6. The lowest BCUT2D eigenvalue weighted by molar-refractivity contribution is -0.113. The van der Waals surface area contributed by atoms with E-state index < -0.39 is 15.8 Å². The maximum Gasteiger partial charge on any atom is 0.338 e. The van der Waals surface area contributed by atoms with Crippen LogP contribution in [0.25, 0.3) is 0 Å². The Morgan fingerprint density at radius 2 is 1.74 bits per heavy atom. The highest BCUT2D eigenvalue weighted by molar-refractivity contribution is 7.99. The van der Waals surface area contributed by atoms with Crippen LogP contribution >= 0.6 is 11.8 Å². The van der Waals surface area contributed by atoms with Crippen molar-refractivity contribution in [1.29, 1.82) is 0 Å². The number of carbonyl (C=O) groups is 2. The van der Waals surface area contributed by atoms with E-state index in [-0.39, 0.29) is 22.3 Å². The Labute approximate surface area is 202 Å². The minimum atomic E-state index is -3.56. The molecule has 1 aromatic heterocycles. The maximum atomic E-state index is 12.7. The Kier molecular flexibility index (Phi) is 8.83. The molecule has 0 aliphatic carbocycles. The summed E-state index contributed by atoms with van der Waals surface area (Å²) in [7, 11) is -3.56. The van der Waals surface area contributed by atoms with Gasteiger partial charge in [0, 0.05) is 12.2 Å². The number of benzene rings is 2. The maximum absolute atomic E-state index is 12.7. The molecule has 11 heteroatoms. The molecule has 1 heterocycles. The van der Waals surface area contributed by atoms with Crippen LogP contribution in [-0.2, 0) is 31.7 Å². The summed E-state index contributed by atoms with van der Waals surface area (Å²) in [5.74, 6) is -0.573. The van der Waals surface area contributed by atoms with E-state index in [1.807, 2.05) is 13.8 Å². The van der Waals surface area contributed by atoms with Crippen LogP contribution < -0.4 is 5.32 Å². The standard InChI is InChI=1S/C23H26N4O5S2/c1-3-14-32-22(29)17-10-12-18(13-11-17)24-21(28)15-33-23-26-25-20(27(23)4-2)16-34(30,31)19-8-6-5-7-9-19/h5-13H,3-4,14-16H2,1-2H3,(H,24,28). The van der Waals surface area contributed by atoms with E-state index in [1.54, 1.807) is 59.2 Å². The topological polar surface area (TPSA) is 120 Å². The molecular formula is C23H26N4O5S2. The summed E-state index contributed by atoms with van der Waals surface area (Å²) >= 11 is 1.17. The molecule has 0 atom stereocenters. The SMILES string of the molecule is CCCOC(=O)c1ccc(NC(=O)CSc2nnc(CS(=O)(=O)c3ccccc3)n2CC)cc1. The number of amides is 1. The van der Waals surface area contributed by atoms with E-state index in [1.165, 1.54) is 11.8 Å². The molecule has 180 valence electrons. The molecule has 0 unspecified atom stereocenters. The largest absolute Gasteiger partial charge is 0.462 e. The second-order valence-corrected chi connectivity index (χ2v) is 10.2. The lowest BCUT2D eigenvalue weighted by Gasteiger charge is -2.09. The predicted molar refractivity (Wildman–Crippen MR) is 129 cm³/mol. The lowest BCUT2D eigenvalue weighted by atomic mass is 10.2. The van der Waals surface area contributed by atoms with Gasteiger partial charge in [0.2, 0.25) is 5.91 Å². The normalized spacial score (nSPS) is 11.2. The number of nitrogens with one attached hydrogen (secondary N) is 1. The van der Waals surface area contributed by atoms with E-state index in [2.05, 4.69) is 15.5 Å². The molecule has 0 saturated heterocycles. The van der Waals surface area contributed by atoms with Gasteiger partial charge < -0.3 is 14.6 Å². The number of esters is 1. The third-order valence-corrected chi connectivity index (χ3v) is 7.30. The first-order valence-corrected chi connectivity index (χ1v) is 13.4. The Balaban J connectivity index is 1.59. The van der Waals surface area contributed by atoms with Gasteiger partial charge in [0.1, 0.15) is 11.6 Å². The monoisotopic (exact) mass is 502 g/mol. The summed E-state index contributed by atoms with van der Waals surface area (Å²) in [5.41, 5.74) is 0.957. The van der Waals surface area contributed by atoms with Crippen LogP contribution in [0, 0.1) is 0 Å². The van der Waals surface area contributed by atoms with Crippen LogP contribution in [0.5, 0.6) is 0 Å². The zero-order chi connectivity index (χ0) is 24.6. The van der Waals surface area contributed by atoms with Crippen LogP contribution in [0.1, 0.15) is 36.5 Å². The van der Waals surface area contributed by atoms with Crippen molar-refractivity contribution in [2.24, 2.45) is 0 Å². The van der Waals surface area contributed by atoms with Crippen molar-refractivity contribution in [3.05, 3.63) is 66.0 Å². The van der Waals surface area contributed by atoms with Crippen LogP contribution in [0.2, 0.25) is 0 Å². The van der Waals surface area contributed by atoms with Gasteiger partial charge in [-0.1, -0.05) is 36.9 Å². The van der Waals surface area contributed by atoms with Crippen LogP contribution in [0.4, 0.5) is 5.69 Å². The number of rotatable bonds is 11. The average Bonchev–Trinajstić information content (AvgIpc) is 3.22. The highest BCUT2D eigenvalue weighted by atomic mass is 32.2. The summed E-state index contributed by atoms with van der Waals surface area (Å²) < 4.78 is 32.1. The molecule has 0 aliphatic rings. The molecule has 1 amide bonds. The van der Waals surface area contributed by atoms with Crippen molar-refractivity contribution >= 4 is 39.2 Å². The number of hydrogen-bond donors (Lipinski definition) is 1. The number of hydrogen-bond acceptors (Lipinski definition) is 8. The van der Waals surface area contributed by atoms with Crippen molar-refractivity contribution in [1.82, 2.24) is 14.8 Å². The molecule has 0 fully saturated rings. The number of anilines is 1. The van der Waals surface area contributed by atoms with Gasteiger partial charge in [-0.3, -0.25) is 4.79 Å². The number of thioether (sulfide) groups is 1. The first-order valence-electron chi connectivity index (χ1n) is 10.7. The highest BCUT2D eigenvalue weighted by Crippen LogP contribution is 2.21. The van der Waals surface area contributed by atoms with Crippen molar-refractivity contribution in [3.63, 3.8) is 0 Å². The third kappa shape index (κ3) is 6.67. The van der Waals surface area contributed by atoms with E-state index in [9.17, 15) is 18.0 Å². The van der Waals surface area contributed by atoms with Gasteiger partial charge in [-0.2, -0.15) is 0 Å². The van der Waals surface area contributed by atoms with Gasteiger partial charge in [0.25, 0.3) is 0 Å². The molecule has 0 bridgehead atoms. The Morgan fingerprint density at radius 3 is 2.38 bits per heavy atom. The number of ether oxygens (including phenoxy) is 1. The minimum absolute atomic E-state index is 0.0594. The van der Waals surface area contributed by atoms with Crippen LogP contribution in [0.3, 0.4) is 0 Å². The van der Waals surface area contributed by atoms with Crippen molar-refractivity contribution in [2.45, 2.75) is 42.6 Å². The third-order valence-electron chi connectivity index (χ3n) is 4.71. The van der Waals surface area contributed by atoms with Gasteiger partial charge in [0.15, 0.2) is 15.0 Å². The fourth-order valence-corrected chi connectivity index (χ4v) is 5.14. The molecule has 1 N–H and O–H groups in total. The fraction of sp³-hybridized carbons (Fsp3) is 0.304. The van der Waals surface area contributed by atoms with Crippen LogP contribution in [-0.4, -0.2) is 47.4 Å². The fourth-order valence-electron chi connectivity index (χ4n) is 3.03. The summed E-state index contributed by atoms with van der Waals surface area (Å²) in [5, 5.41) is 11.3. The summed E-state index contributed by atoms with van der Waals surface area (Å²) in [4.78, 5) is 24.5. The van der Waals surface area contributed by atoms with Gasteiger partial charge >= 0.3 is 5.97 Å². The summed E-state index contributed by atoms with van der Waals surface area (Å²) in [6, 6.07) is 14.6. The summed E-state index contributed by atoms with van der Waals surface area (Å²) in [6.07, 6.45) is 0.744. The second kappa shape index (κ2) is 11.8. The number of nitrogens with zero attached hydrogens (tertiary/aromatic N) is 3. The number of aromatic nitrogens is 3. The van der Waals surface area contributed by atoms with Gasteiger partial charge in [-0.15, -0.1) is 10.2 Å². The number of sulfone groups is 1. The van der Waals surface area contributed by atoms with E-state index in [0.29, 0.717) is 35.4 Å². The van der Waals surface area contributed by atoms with Crippen molar-refractivity contribution < 1.29 is 22.7 Å². The molecule has 0 spiro atoms. The van der Waals surface area contributed by atoms with E-state index in [4.69, 9.17) is 4.74 Å². The zero-order valence-electron chi connectivity index (χ0n) is 18.9. The first-order chi connectivity index (χ1) is 16.3. The van der Waals surface area contributed by atoms with Crippen molar-refractivity contribution in [2.75, 3.05) is 17.7 Å². The lowest BCUT2D eigenvalue weighted by Crippen LogP contribution is -2.15. The quantitative estimate of drug-likeness (QED) is 0.312. The van der Waals surface area contributed by atoms with Gasteiger partial charge in [0.05, 0.1) is 22.8 Å². The van der Waals surface area contributed by atoms with Gasteiger partial charge in [-0.05, 0) is 49.7 Å². The van der Waals surface area contributed by atoms with Gasteiger partial charge in [-0.25, -0.2) is 13.2 Å². The molecule has 2 aromatic carbocycles. The number of carbonyl (C=O) groups excluding carboxylic acids is 2. The Morgan fingerprint density at radius 1 is 1.03 bits per heavy atom. The molecule has 0 radical (unpaired) electrons. The van der Waals surface area contributed by atoms with E-state index >= 15 is 0 Å². The van der Waals surface area contributed by atoms with Crippen LogP contribution in [0.15, 0.2) is 64.6 Å². The second-order valence-electron chi connectivity index (χ2n) is 7.27. The Hall–Kier alpha value is -3.18. The molecule has 0 aliphatic heterocycles. The summed E-state index contributed by atoms with van der Waals surface area (Å²) in [6.45, 7) is 4.60. The molecule has 34 heavy (non-hydrogen) atoms. The molecule has 3 aromatic rings.